The van der Waals surface area contributed by atoms with Crippen molar-refractivity contribution in [2.45, 2.75) is 0 Å². The van der Waals surface area contributed by atoms with Crippen molar-refractivity contribution in [3.8, 4) is 0 Å². The summed E-state index contributed by atoms with van der Waals surface area (Å²) >= 11 is 0. The minimum Gasteiger partial charge on any atom is -1.00 e. The van der Waals surface area contributed by atoms with Gasteiger partial charge in [-0.2, -0.15) is 0 Å². The van der Waals surface area contributed by atoms with Crippen molar-refractivity contribution in [3.63, 3.8) is 0 Å². The molecule has 0 heterocycles. The number of hydrogen-bond donors (Lipinski definition) is 3. The predicted molar refractivity (Wildman–Crippen MR) is 19.4 cm³/mol. The van der Waals surface area contributed by atoms with Gasteiger partial charge in [-0.3, -0.25) is 0 Å². The third kappa shape index (κ3) is 63.1. The van der Waals surface area contributed by atoms with Gasteiger partial charge < -0.3 is 23.0 Å². The van der Waals surface area contributed by atoms with Crippen LogP contribution in [0.1, 0.15) is 2.85 Å². The molecular formula is H7Na2O4P. The predicted octanol–water partition coefficient (Wildman–Crippen LogP) is -7.40. The topological polar surface area (TPSA) is 92.2 Å². The average molecular weight is 148 g/mol. The van der Waals surface area contributed by atoms with Gasteiger partial charge in [0.1, 0.15) is 0 Å². The Kier molecular flexibility index (Phi) is 51.3. The molecule has 0 atom stereocenters. The molecule has 0 saturated carbocycles. The first-order valence-corrected chi connectivity index (χ1v) is 1.80. The van der Waals surface area contributed by atoms with Crippen molar-refractivity contribution in [2.24, 2.45) is 0 Å². The molecule has 0 aromatic carbocycles. The Morgan fingerprint density at radius 3 is 1.00 bits per heavy atom. The van der Waals surface area contributed by atoms with Gasteiger partial charge in [0.2, 0.25) is 0 Å². The molecule has 0 aliphatic carbocycles. The normalized spacial score (nSPS) is 5.14. The summed E-state index contributed by atoms with van der Waals surface area (Å²) in [6.07, 6.45) is 0. The van der Waals surface area contributed by atoms with Crippen LogP contribution in [0.15, 0.2) is 0 Å². The SMILES string of the molecule is O.OP(O)O.[H-].[H-].[Na+].[Na+]. The van der Waals surface area contributed by atoms with Gasteiger partial charge in [-0.15, -0.1) is 0 Å². The summed E-state index contributed by atoms with van der Waals surface area (Å²) in [5, 5.41) is 0. The molecule has 0 radical (unpaired) electrons. The average Bonchev–Trinajstić information content (AvgIpc) is 0.811. The van der Waals surface area contributed by atoms with Crippen LogP contribution in [0, 0.1) is 0 Å². The minimum absolute atomic E-state index is 0. The number of hydrogen-bond acceptors (Lipinski definition) is 3. The Hall–Kier alpha value is 2.27. The third-order valence-electron chi connectivity index (χ3n) is 0. The van der Waals surface area contributed by atoms with E-state index in [-0.39, 0.29) is 67.4 Å². The molecule has 0 unspecified atom stereocenters. The first-order valence-electron chi connectivity index (χ1n) is 0.600. The summed E-state index contributed by atoms with van der Waals surface area (Å²) in [6.45, 7) is 0. The second-order valence-electron chi connectivity index (χ2n) is 0.268. The van der Waals surface area contributed by atoms with Gasteiger partial charge in [0.15, 0.2) is 0 Å². The number of rotatable bonds is 0. The molecule has 0 fully saturated rings. The molecule has 7 heteroatoms. The van der Waals surface area contributed by atoms with Crippen LogP contribution in [-0.2, 0) is 0 Å². The van der Waals surface area contributed by atoms with Crippen LogP contribution >= 0.6 is 8.60 Å². The van der Waals surface area contributed by atoms with E-state index in [4.69, 9.17) is 14.7 Å². The van der Waals surface area contributed by atoms with E-state index in [0.717, 1.165) is 0 Å². The van der Waals surface area contributed by atoms with E-state index in [2.05, 4.69) is 0 Å². The minimum atomic E-state index is -2.62. The fourth-order valence-electron chi connectivity index (χ4n) is 0. The Bertz CT molecular complexity index is 21.3. The van der Waals surface area contributed by atoms with E-state index >= 15 is 0 Å². The molecule has 0 bridgehead atoms. The van der Waals surface area contributed by atoms with Crippen molar-refractivity contribution in [1.29, 1.82) is 0 Å². The molecule has 38 valence electrons. The van der Waals surface area contributed by atoms with E-state index in [0.29, 0.717) is 0 Å². The quantitative estimate of drug-likeness (QED) is 0.235. The molecule has 0 spiro atoms. The summed E-state index contributed by atoms with van der Waals surface area (Å²) in [7, 11) is -2.62. The smallest absolute Gasteiger partial charge is 1.00 e. The van der Waals surface area contributed by atoms with Gasteiger partial charge >= 0.3 is 67.7 Å². The molecule has 0 aliphatic heterocycles. The monoisotopic (exact) mass is 148 g/mol. The molecule has 5 N–H and O–H groups in total. The van der Waals surface area contributed by atoms with E-state index < -0.39 is 8.60 Å². The summed E-state index contributed by atoms with van der Waals surface area (Å²) in [4.78, 5) is 21.7. The van der Waals surface area contributed by atoms with Gasteiger partial charge in [0.25, 0.3) is 0 Å². The molecule has 7 heavy (non-hydrogen) atoms. The van der Waals surface area contributed by atoms with Crippen LogP contribution in [0.3, 0.4) is 0 Å². The Morgan fingerprint density at radius 1 is 1.00 bits per heavy atom. The van der Waals surface area contributed by atoms with Crippen molar-refractivity contribution in [1.82, 2.24) is 0 Å². The largest absolute Gasteiger partial charge is 1.00 e. The van der Waals surface area contributed by atoms with Crippen molar-refractivity contribution in [2.75, 3.05) is 0 Å². The van der Waals surface area contributed by atoms with E-state index in [1.165, 1.54) is 0 Å². The van der Waals surface area contributed by atoms with E-state index in [1.807, 2.05) is 0 Å². The van der Waals surface area contributed by atoms with Gasteiger partial charge in [-0.25, -0.2) is 0 Å². The maximum absolute atomic E-state index is 7.23. The first kappa shape index (κ1) is 22.8. The van der Waals surface area contributed by atoms with Gasteiger partial charge in [0, 0.05) is 0 Å². The molecule has 0 amide bonds. The van der Waals surface area contributed by atoms with E-state index in [9.17, 15) is 0 Å². The van der Waals surface area contributed by atoms with Crippen LogP contribution in [0.4, 0.5) is 0 Å². The molecule has 4 nitrogen and oxygen atoms in total. The molecule has 0 aromatic heterocycles. The first-order chi connectivity index (χ1) is 1.73. The summed E-state index contributed by atoms with van der Waals surface area (Å²) < 4.78 is 0. The second kappa shape index (κ2) is 15.7. The molecule has 0 aliphatic rings. The van der Waals surface area contributed by atoms with Crippen LogP contribution in [0.25, 0.3) is 0 Å². The Balaban J connectivity index is -0.00000000450. The van der Waals surface area contributed by atoms with Gasteiger partial charge in [-0.1, -0.05) is 0 Å². The summed E-state index contributed by atoms with van der Waals surface area (Å²) in [6, 6.07) is 0. The molecule has 0 rings (SSSR count). The van der Waals surface area contributed by atoms with Crippen LogP contribution in [-0.4, -0.2) is 20.2 Å². The Morgan fingerprint density at radius 2 is 1.00 bits per heavy atom. The fraction of sp³-hybridized carbons (Fsp3) is 0. The molecule has 0 aromatic rings. The zero-order valence-electron chi connectivity index (χ0n) is 6.29. The van der Waals surface area contributed by atoms with Crippen LogP contribution in [0.2, 0.25) is 0 Å². The fourth-order valence-corrected chi connectivity index (χ4v) is 0. The Labute approximate surface area is 89.8 Å². The van der Waals surface area contributed by atoms with Crippen LogP contribution in [0.5, 0.6) is 0 Å². The standard InChI is InChI=1S/2Na.H3O3P.H2O.2H/c;;1-4(2)3;;;/h;;1-3H;1H2;;/q2*+1;;;2*-1. The van der Waals surface area contributed by atoms with Gasteiger partial charge in [0.05, 0.1) is 0 Å². The van der Waals surface area contributed by atoms with Crippen molar-refractivity contribution >= 4 is 8.60 Å². The maximum atomic E-state index is 7.23. The van der Waals surface area contributed by atoms with Crippen LogP contribution < -0.4 is 59.1 Å². The zero-order valence-corrected chi connectivity index (χ0v) is 9.18. The maximum Gasteiger partial charge on any atom is 1.00 e. The van der Waals surface area contributed by atoms with Gasteiger partial charge in [-0.05, 0) is 0 Å². The summed E-state index contributed by atoms with van der Waals surface area (Å²) in [5.74, 6) is 0. The molecular weight excluding hydrogens is 141 g/mol. The second-order valence-corrected chi connectivity index (χ2v) is 0.805. The molecule has 0 saturated heterocycles. The van der Waals surface area contributed by atoms with Crippen molar-refractivity contribution < 1.29 is 82.1 Å². The third-order valence-corrected chi connectivity index (χ3v) is 0. The van der Waals surface area contributed by atoms with Crippen molar-refractivity contribution in [3.05, 3.63) is 0 Å². The zero-order chi connectivity index (χ0) is 3.58. The summed E-state index contributed by atoms with van der Waals surface area (Å²) in [5.41, 5.74) is 0. The van der Waals surface area contributed by atoms with E-state index in [1.54, 1.807) is 0 Å².